The standard InChI is InChI=1S/C17H23F3N6O3/c1-11(2)4-7-25-13-12(10-22-23(3)14(13)27)26(29-15(28)17(18,19)20)16(25)24-8-5-21-6-9-24/h4,10,16,21H,5-9H2,1-3H3. The molecule has 2 aliphatic rings. The highest BCUT2D eigenvalue weighted by atomic mass is 19.4. The van der Waals surface area contributed by atoms with Crippen molar-refractivity contribution in [2.75, 3.05) is 42.7 Å². The third kappa shape index (κ3) is 4.22. The van der Waals surface area contributed by atoms with E-state index in [-0.39, 0.29) is 17.9 Å². The second-order valence-electron chi connectivity index (χ2n) is 7.08. The minimum Gasteiger partial charge on any atom is -0.329 e. The molecule has 0 amide bonds. The van der Waals surface area contributed by atoms with Gasteiger partial charge in [0.25, 0.3) is 5.56 Å². The first-order valence-corrected chi connectivity index (χ1v) is 9.10. The van der Waals surface area contributed by atoms with Gasteiger partial charge < -0.3 is 15.1 Å². The summed E-state index contributed by atoms with van der Waals surface area (Å²) in [6, 6.07) is 0. The number of carbonyl (C=O) groups is 1. The van der Waals surface area contributed by atoms with E-state index >= 15 is 0 Å². The van der Waals surface area contributed by atoms with Gasteiger partial charge in [0.05, 0.1) is 6.20 Å². The van der Waals surface area contributed by atoms with Gasteiger partial charge in [0, 0.05) is 39.8 Å². The molecule has 1 atom stereocenters. The summed E-state index contributed by atoms with van der Waals surface area (Å²) in [6.45, 7) is 6.23. The number of carbonyl (C=O) groups excluding carboxylic acids is 1. The maximum Gasteiger partial charge on any atom is 0.493 e. The van der Waals surface area contributed by atoms with Gasteiger partial charge in [-0.25, -0.2) is 9.48 Å². The monoisotopic (exact) mass is 416 g/mol. The summed E-state index contributed by atoms with van der Waals surface area (Å²) < 4.78 is 39.8. The third-order valence-corrected chi connectivity index (χ3v) is 4.69. The Labute approximate surface area is 165 Å². The zero-order valence-corrected chi connectivity index (χ0v) is 16.4. The lowest BCUT2D eigenvalue weighted by atomic mass is 10.3. The van der Waals surface area contributed by atoms with E-state index in [1.165, 1.54) is 13.2 Å². The average Bonchev–Trinajstić information content (AvgIpc) is 2.96. The lowest BCUT2D eigenvalue weighted by Gasteiger charge is -2.40. The summed E-state index contributed by atoms with van der Waals surface area (Å²) in [5, 5.41) is 7.92. The van der Waals surface area contributed by atoms with E-state index in [0.717, 1.165) is 15.3 Å². The topological polar surface area (TPSA) is 82.9 Å². The van der Waals surface area contributed by atoms with Gasteiger partial charge in [0.1, 0.15) is 11.4 Å². The fourth-order valence-corrected chi connectivity index (χ4v) is 3.28. The number of rotatable bonds is 4. The van der Waals surface area contributed by atoms with Crippen LogP contribution < -0.4 is 20.8 Å². The number of aromatic nitrogens is 2. The molecule has 0 aromatic carbocycles. The molecule has 0 spiro atoms. The van der Waals surface area contributed by atoms with Gasteiger partial charge in [-0.1, -0.05) is 11.6 Å². The summed E-state index contributed by atoms with van der Waals surface area (Å²) in [5.74, 6) is -2.35. The Morgan fingerprint density at radius 3 is 2.59 bits per heavy atom. The van der Waals surface area contributed by atoms with Crippen molar-refractivity contribution in [2.24, 2.45) is 7.05 Å². The number of nitrogens with one attached hydrogen (secondary N) is 1. The molecule has 2 aliphatic heterocycles. The first-order valence-electron chi connectivity index (χ1n) is 9.10. The summed E-state index contributed by atoms with van der Waals surface area (Å²) in [7, 11) is 1.45. The van der Waals surface area contributed by atoms with Crippen molar-refractivity contribution in [1.82, 2.24) is 20.0 Å². The molecule has 1 aromatic heterocycles. The highest BCUT2D eigenvalue weighted by molar-refractivity contribution is 5.80. The predicted molar refractivity (Wildman–Crippen MR) is 99.1 cm³/mol. The summed E-state index contributed by atoms with van der Waals surface area (Å²) in [4.78, 5) is 32.7. The SMILES string of the molecule is CC(C)=CCN1c2c(cnn(C)c2=O)N(OC(=O)C(F)(F)F)C1N1CCNCC1. The van der Waals surface area contributed by atoms with Crippen molar-refractivity contribution >= 4 is 17.3 Å². The van der Waals surface area contributed by atoms with E-state index in [1.807, 2.05) is 24.8 Å². The van der Waals surface area contributed by atoms with Crippen LogP contribution in [-0.4, -0.2) is 65.8 Å². The van der Waals surface area contributed by atoms with Crippen LogP contribution in [0.25, 0.3) is 0 Å². The first-order chi connectivity index (χ1) is 13.6. The van der Waals surface area contributed by atoms with Crippen LogP contribution >= 0.6 is 0 Å². The van der Waals surface area contributed by atoms with Crippen LogP contribution in [0, 0.1) is 0 Å². The van der Waals surface area contributed by atoms with Crippen molar-refractivity contribution in [3.05, 3.63) is 28.2 Å². The zero-order chi connectivity index (χ0) is 21.3. The number of hydroxylamine groups is 1. The molecular weight excluding hydrogens is 393 g/mol. The van der Waals surface area contributed by atoms with Gasteiger partial charge in [-0.05, 0) is 13.8 Å². The minimum absolute atomic E-state index is 0.0244. The van der Waals surface area contributed by atoms with E-state index < -0.39 is 24.0 Å². The largest absolute Gasteiger partial charge is 0.493 e. The second kappa shape index (κ2) is 8.03. The lowest BCUT2D eigenvalue weighted by Crippen LogP contribution is -2.61. The van der Waals surface area contributed by atoms with Gasteiger partial charge in [0.15, 0.2) is 6.29 Å². The molecule has 29 heavy (non-hydrogen) atoms. The van der Waals surface area contributed by atoms with Crippen LogP contribution in [0.1, 0.15) is 13.8 Å². The van der Waals surface area contributed by atoms with Crippen molar-refractivity contribution < 1.29 is 22.8 Å². The van der Waals surface area contributed by atoms with Crippen LogP contribution in [0.15, 0.2) is 22.6 Å². The number of piperazine rings is 1. The van der Waals surface area contributed by atoms with Crippen molar-refractivity contribution in [1.29, 1.82) is 0 Å². The number of halogens is 3. The molecule has 1 unspecified atom stereocenters. The van der Waals surface area contributed by atoms with Gasteiger partial charge in [-0.2, -0.15) is 23.3 Å². The maximum absolute atomic E-state index is 12.9. The van der Waals surface area contributed by atoms with E-state index in [1.54, 1.807) is 4.90 Å². The molecule has 1 aromatic rings. The van der Waals surface area contributed by atoms with Crippen LogP contribution in [0.4, 0.5) is 24.5 Å². The van der Waals surface area contributed by atoms with Gasteiger partial charge in [0.2, 0.25) is 0 Å². The molecule has 12 heteroatoms. The van der Waals surface area contributed by atoms with E-state index in [4.69, 9.17) is 4.84 Å². The smallest absolute Gasteiger partial charge is 0.329 e. The summed E-state index contributed by atoms with van der Waals surface area (Å²) in [5.41, 5.74) is 0.646. The molecule has 3 rings (SSSR count). The normalized spacial score (nSPS) is 19.9. The van der Waals surface area contributed by atoms with Crippen LogP contribution in [0.2, 0.25) is 0 Å². The Bertz CT molecular complexity index is 859. The Kier molecular flexibility index (Phi) is 5.85. The van der Waals surface area contributed by atoms with E-state index in [0.29, 0.717) is 26.2 Å². The predicted octanol–water partition coefficient (Wildman–Crippen LogP) is 0.582. The fourth-order valence-electron chi connectivity index (χ4n) is 3.28. The van der Waals surface area contributed by atoms with Crippen LogP contribution in [0.5, 0.6) is 0 Å². The summed E-state index contributed by atoms with van der Waals surface area (Å²) in [6.07, 6.45) is -2.98. The van der Waals surface area contributed by atoms with E-state index in [9.17, 15) is 22.8 Å². The molecule has 3 heterocycles. The molecule has 160 valence electrons. The average molecular weight is 416 g/mol. The third-order valence-electron chi connectivity index (χ3n) is 4.69. The number of fused-ring (bicyclic) bond motifs is 1. The molecule has 1 N–H and O–H groups in total. The van der Waals surface area contributed by atoms with Crippen molar-refractivity contribution in [3.63, 3.8) is 0 Å². The number of allylic oxidation sites excluding steroid dienone is 1. The number of nitrogens with zero attached hydrogens (tertiary/aromatic N) is 5. The van der Waals surface area contributed by atoms with Crippen LogP contribution in [0.3, 0.4) is 0 Å². The Morgan fingerprint density at radius 1 is 1.34 bits per heavy atom. The highest BCUT2D eigenvalue weighted by Gasteiger charge is 2.49. The highest BCUT2D eigenvalue weighted by Crippen LogP contribution is 2.38. The lowest BCUT2D eigenvalue weighted by molar-refractivity contribution is -0.203. The van der Waals surface area contributed by atoms with Gasteiger partial charge >= 0.3 is 12.1 Å². The second-order valence-corrected chi connectivity index (χ2v) is 7.08. The molecule has 0 bridgehead atoms. The molecule has 0 saturated carbocycles. The number of alkyl halides is 3. The molecular formula is C17H23F3N6O3. The molecule has 9 nitrogen and oxygen atoms in total. The zero-order valence-electron chi connectivity index (χ0n) is 16.4. The number of hydrogen-bond donors (Lipinski definition) is 1. The maximum atomic E-state index is 12.9. The number of hydrogen-bond acceptors (Lipinski definition) is 8. The molecule has 1 saturated heterocycles. The molecule has 1 fully saturated rings. The van der Waals surface area contributed by atoms with Crippen LogP contribution in [-0.2, 0) is 16.7 Å². The van der Waals surface area contributed by atoms with Crippen molar-refractivity contribution in [2.45, 2.75) is 26.3 Å². The number of aryl methyl sites for hydroxylation is 1. The molecule has 0 radical (unpaired) electrons. The minimum atomic E-state index is -5.17. The molecule has 0 aliphatic carbocycles. The summed E-state index contributed by atoms with van der Waals surface area (Å²) >= 11 is 0. The van der Waals surface area contributed by atoms with Gasteiger partial charge in [-0.15, -0.1) is 0 Å². The quantitative estimate of drug-likeness (QED) is 0.714. The number of anilines is 2. The van der Waals surface area contributed by atoms with E-state index in [2.05, 4.69) is 10.4 Å². The Hall–Kier alpha value is -2.60. The Balaban J connectivity index is 2.10. The van der Waals surface area contributed by atoms with Crippen molar-refractivity contribution in [3.8, 4) is 0 Å². The fraction of sp³-hybridized carbons (Fsp3) is 0.588. The first kappa shape index (κ1) is 21.1. The Morgan fingerprint density at radius 2 is 2.00 bits per heavy atom. The van der Waals surface area contributed by atoms with Gasteiger partial charge in [-0.3, -0.25) is 9.69 Å².